The SMILES string of the molecule is COc1ccc(-c2cc(OC)nc(N)n2)cc1. The minimum absolute atomic E-state index is 0.190. The van der Waals surface area contributed by atoms with Gasteiger partial charge in [0.15, 0.2) is 0 Å². The lowest BCUT2D eigenvalue weighted by molar-refractivity contribution is 0.398. The molecule has 17 heavy (non-hydrogen) atoms. The highest BCUT2D eigenvalue weighted by Crippen LogP contribution is 2.23. The quantitative estimate of drug-likeness (QED) is 0.871. The highest BCUT2D eigenvalue weighted by molar-refractivity contribution is 5.62. The van der Waals surface area contributed by atoms with Gasteiger partial charge in [0.05, 0.1) is 19.9 Å². The molecule has 2 N–H and O–H groups in total. The smallest absolute Gasteiger partial charge is 0.223 e. The van der Waals surface area contributed by atoms with E-state index in [1.807, 2.05) is 24.3 Å². The Morgan fingerprint density at radius 1 is 1.00 bits per heavy atom. The molecule has 0 aliphatic carbocycles. The van der Waals surface area contributed by atoms with Crippen LogP contribution in [0.3, 0.4) is 0 Å². The largest absolute Gasteiger partial charge is 0.497 e. The van der Waals surface area contributed by atoms with Gasteiger partial charge in [-0.1, -0.05) is 0 Å². The van der Waals surface area contributed by atoms with Gasteiger partial charge in [0.1, 0.15) is 5.75 Å². The van der Waals surface area contributed by atoms with Gasteiger partial charge >= 0.3 is 0 Å². The number of nitrogen functional groups attached to an aromatic ring is 1. The van der Waals surface area contributed by atoms with E-state index in [1.54, 1.807) is 20.3 Å². The highest BCUT2D eigenvalue weighted by Gasteiger charge is 2.05. The van der Waals surface area contributed by atoms with E-state index >= 15 is 0 Å². The molecule has 2 aromatic rings. The van der Waals surface area contributed by atoms with Crippen LogP contribution in [-0.4, -0.2) is 24.2 Å². The molecule has 1 aromatic heterocycles. The van der Waals surface area contributed by atoms with Crippen molar-refractivity contribution in [2.24, 2.45) is 0 Å². The summed E-state index contributed by atoms with van der Waals surface area (Å²) in [5.74, 6) is 1.43. The molecule has 0 radical (unpaired) electrons. The molecule has 0 fully saturated rings. The fraction of sp³-hybridized carbons (Fsp3) is 0.167. The number of hydrogen-bond donors (Lipinski definition) is 1. The Hall–Kier alpha value is -2.30. The number of anilines is 1. The highest BCUT2D eigenvalue weighted by atomic mass is 16.5. The van der Waals surface area contributed by atoms with E-state index in [9.17, 15) is 0 Å². The van der Waals surface area contributed by atoms with Crippen molar-refractivity contribution >= 4 is 5.95 Å². The van der Waals surface area contributed by atoms with Crippen LogP contribution in [0, 0.1) is 0 Å². The van der Waals surface area contributed by atoms with Crippen molar-refractivity contribution in [3.8, 4) is 22.9 Å². The van der Waals surface area contributed by atoms with Crippen LogP contribution in [-0.2, 0) is 0 Å². The Labute approximate surface area is 99.2 Å². The van der Waals surface area contributed by atoms with Gasteiger partial charge in [-0.05, 0) is 24.3 Å². The first-order valence-corrected chi connectivity index (χ1v) is 5.06. The zero-order valence-electron chi connectivity index (χ0n) is 9.68. The molecular weight excluding hydrogens is 218 g/mol. The molecular formula is C12H13N3O2. The van der Waals surface area contributed by atoms with Crippen molar-refractivity contribution in [1.82, 2.24) is 9.97 Å². The summed E-state index contributed by atoms with van der Waals surface area (Å²) in [6.07, 6.45) is 0. The Kier molecular flexibility index (Phi) is 3.09. The number of rotatable bonds is 3. The number of hydrogen-bond acceptors (Lipinski definition) is 5. The van der Waals surface area contributed by atoms with Crippen molar-refractivity contribution in [1.29, 1.82) is 0 Å². The third-order valence-corrected chi connectivity index (χ3v) is 2.31. The van der Waals surface area contributed by atoms with Crippen LogP contribution >= 0.6 is 0 Å². The van der Waals surface area contributed by atoms with Crippen LogP contribution < -0.4 is 15.2 Å². The maximum absolute atomic E-state index is 5.60. The molecule has 5 heteroatoms. The molecule has 0 saturated carbocycles. The molecule has 0 aliphatic heterocycles. The molecule has 0 aliphatic rings. The fourth-order valence-electron chi connectivity index (χ4n) is 1.46. The van der Waals surface area contributed by atoms with Gasteiger partial charge < -0.3 is 15.2 Å². The van der Waals surface area contributed by atoms with Crippen molar-refractivity contribution in [3.05, 3.63) is 30.3 Å². The molecule has 0 bridgehead atoms. The van der Waals surface area contributed by atoms with Crippen LogP contribution in [0.2, 0.25) is 0 Å². The normalized spacial score (nSPS) is 10.0. The van der Waals surface area contributed by atoms with Gasteiger partial charge in [-0.25, -0.2) is 4.98 Å². The molecule has 88 valence electrons. The fourth-order valence-corrected chi connectivity index (χ4v) is 1.46. The predicted molar refractivity (Wildman–Crippen MR) is 65.0 cm³/mol. The molecule has 0 spiro atoms. The van der Waals surface area contributed by atoms with E-state index in [4.69, 9.17) is 15.2 Å². The number of aromatic nitrogens is 2. The zero-order chi connectivity index (χ0) is 12.3. The molecule has 2 rings (SSSR count). The molecule has 0 amide bonds. The van der Waals surface area contributed by atoms with Crippen molar-refractivity contribution in [2.75, 3.05) is 20.0 Å². The van der Waals surface area contributed by atoms with E-state index in [-0.39, 0.29) is 5.95 Å². The number of ether oxygens (including phenoxy) is 2. The van der Waals surface area contributed by atoms with Crippen LogP contribution in [0.5, 0.6) is 11.6 Å². The Bertz CT molecular complexity index is 512. The molecule has 0 atom stereocenters. The average molecular weight is 231 g/mol. The topological polar surface area (TPSA) is 70.3 Å². The van der Waals surface area contributed by atoms with E-state index in [0.29, 0.717) is 5.88 Å². The van der Waals surface area contributed by atoms with Gasteiger partial charge in [-0.3, -0.25) is 0 Å². The summed E-state index contributed by atoms with van der Waals surface area (Å²) >= 11 is 0. The van der Waals surface area contributed by atoms with Crippen LogP contribution in [0.15, 0.2) is 30.3 Å². The lowest BCUT2D eigenvalue weighted by atomic mass is 10.1. The third-order valence-electron chi connectivity index (χ3n) is 2.31. The van der Waals surface area contributed by atoms with Gasteiger partial charge in [0, 0.05) is 11.6 Å². The van der Waals surface area contributed by atoms with Crippen molar-refractivity contribution < 1.29 is 9.47 Å². The van der Waals surface area contributed by atoms with Crippen molar-refractivity contribution in [2.45, 2.75) is 0 Å². The Morgan fingerprint density at radius 2 is 1.71 bits per heavy atom. The zero-order valence-corrected chi connectivity index (χ0v) is 9.68. The second-order valence-electron chi connectivity index (χ2n) is 3.38. The summed E-state index contributed by atoms with van der Waals surface area (Å²) in [5.41, 5.74) is 7.25. The van der Waals surface area contributed by atoms with Crippen LogP contribution in [0.25, 0.3) is 11.3 Å². The Balaban J connectivity index is 2.41. The first-order chi connectivity index (χ1) is 8.22. The Morgan fingerprint density at radius 3 is 2.29 bits per heavy atom. The third kappa shape index (κ3) is 2.44. The second kappa shape index (κ2) is 4.69. The van der Waals surface area contributed by atoms with Gasteiger partial charge in [0.2, 0.25) is 11.8 Å². The predicted octanol–water partition coefficient (Wildman–Crippen LogP) is 1.74. The summed E-state index contributed by atoms with van der Waals surface area (Å²) in [6, 6.07) is 9.26. The van der Waals surface area contributed by atoms with E-state index in [2.05, 4.69) is 9.97 Å². The maximum atomic E-state index is 5.60. The number of methoxy groups -OCH3 is 2. The number of nitrogens with zero attached hydrogens (tertiary/aromatic N) is 2. The lowest BCUT2D eigenvalue weighted by Gasteiger charge is -2.05. The van der Waals surface area contributed by atoms with E-state index < -0.39 is 0 Å². The molecule has 5 nitrogen and oxygen atoms in total. The summed E-state index contributed by atoms with van der Waals surface area (Å²) in [6.45, 7) is 0. The molecule has 0 unspecified atom stereocenters. The standard InChI is InChI=1S/C12H13N3O2/c1-16-9-5-3-8(4-6-9)10-7-11(17-2)15-12(13)14-10/h3-7H,1-2H3,(H2,13,14,15). The number of benzene rings is 1. The summed E-state index contributed by atoms with van der Waals surface area (Å²) in [7, 11) is 3.17. The molecule has 0 saturated heterocycles. The second-order valence-corrected chi connectivity index (χ2v) is 3.38. The first-order valence-electron chi connectivity index (χ1n) is 5.06. The van der Waals surface area contributed by atoms with E-state index in [1.165, 1.54) is 0 Å². The number of nitrogens with two attached hydrogens (primary N) is 1. The summed E-state index contributed by atoms with van der Waals surface area (Å²) in [4.78, 5) is 8.08. The van der Waals surface area contributed by atoms with Crippen molar-refractivity contribution in [3.63, 3.8) is 0 Å². The minimum Gasteiger partial charge on any atom is -0.497 e. The molecule has 1 aromatic carbocycles. The van der Waals surface area contributed by atoms with E-state index in [0.717, 1.165) is 17.0 Å². The van der Waals surface area contributed by atoms with Crippen LogP contribution in [0.4, 0.5) is 5.95 Å². The summed E-state index contributed by atoms with van der Waals surface area (Å²) < 4.78 is 10.1. The van der Waals surface area contributed by atoms with Crippen LogP contribution in [0.1, 0.15) is 0 Å². The monoisotopic (exact) mass is 231 g/mol. The maximum Gasteiger partial charge on any atom is 0.223 e. The van der Waals surface area contributed by atoms with Gasteiger partial charge in [0.25, 0.3) is 0 Å². The minimum atomic E-state index is 0.190. The lowest BCUT2D eigenvalue weighted by Crippen LogP contribution is -1.99. The average Bonchev–Trinajstić information content (AvgIpc) is 2.38. The summed E-state index contributed by atoms with van der Waals surface area (Å²) in [5, 5.41) is 0. The van der Waals surface area contributed by atoms with Gasteiger partial charge in [-0.2, -0.15) is 4.98 Å². The molecule has 1 heterocycles. The van der Waals surface area contributed by atoms with Gasteiger partial charge in [-0.15, -0.1) is 0 Å². The first kappa shape index (κ1) is 11.2.